The van der Waals surface area contributed by atoms with Crippen LogP contribution >= 0.6 is 0 Å². The van der Waals surface area contributed by atoms with E-state index in [1.807, 2.05) is 6.08 Å². The summed E-state index contributed by atoms with van der Waals surface area (Å²) in [4.78, 5) is 0. The van der Waals surface area contributed by atoms with E-state index >= 15 is 0 Å². The van der Waals surface area contributed by atoms with Crippen LogP contribution < -0.4 is 0 Å². The van der Waals surface area contributed by atoms with Crippen LogP contribution in [0, 0.1) is 23.2 Å². The van der Waals surface area contributed by atoms with Crippen LogP contribution in [0.2, 0.25) is 0 Å². The maximum atomic E-state index is 14.3. The normalized spacial score (nSPS) is 24.2. The third-order valence-electron chi connectivity index (χ3n) is 6.51. The van der Waals surface area contributed by atoms with Gasteiger partial charge in [-0.05, 0) is 61.3 Å². The van der Waals surface area contributed by atoms with Crippen molar-refractivity contribution >= 4 is 5.71 Å². The van der Waals surface area contributed by atoms with Crippen LogP contribution in [-0.2, 0) is 0 Å². The molecule has 2 rings (SSSR count). The lowest BCUT2D eigenvalue weighted by Crippen LogP contribution is -2.29. The van der Waals surface area contributed by atoms with Crippen molar-refractivity contribution in [3.63, 3.8) is 0 Å². The first-order valence-electron chi connectivity index (χ1n) is 11.1. The summed E-state index contributed by atoms with van der Waals surface area (Å²) in [6, 6.07) is 0. The van der Waals surface area contributed by atoms with Crippen molar-refractivity contribution in [3.05, 3.63) is 65.7 Å². The van der Waals surface area contributed by atoms with Gasteiger partial charge in [-0.1, -0.05) is 58.4 Å². The molecule has 0 saturated carbocycles. The fourth-order valence-electron chi connectivity index (χ4n) is 4.56. The van der Waals surface area contributed by atoms with Gasteiger partial charge in [-0.15, -0.1) is 5.73 Å². The van der Waals surface area contributed by atoms with E-state index in [1.54, 1.807) is 12.2 Å². The topological polar surface area (TPSA) is 3.01 Å². The summed E-state index contributed by atoms with van der Waals surface area (Å²) in [7, 11) is 4.29. The Morgan fingerprint density at radius 3 is 2.76 bits per heavy atom. The zero-order chi connectivity index (χ0) is 21.4. The average Bonchev–Trinajstić information content (AvgIpc) is 3.00. The Morgan fingerprint density at radius 2 is 2.07 bits per heavy atom. The lowest BCUT2D eigenvalue weighted by Gasteiger charge is -2.32. The number of rotatable bonds is 8. The van der Waals surface area contributed by atoms with Gasteiger partial charge in [-0.2, -0.15) is 0 Å². The molecule has 0 radical (unpaired) electrons. The Bertz CT molecular complexity index is 781. The van der Waals surface area contributed by atoms with Gasteiger partial charge in [0.15, 0.2) is 5.71 Å². The molecular weight excluding hydrogens is 357 g/mol. The highest BCUT2D eigenvalue weighted by atomic mass is 19.1. The molecule has 0 amide bonds. The van der Waals surface area contributed by atoms with Crippen molar-refractivity contribution in [3.8, 4) is 0 Å². The standard InChI is InChI=1S/C27H39FN/c1-7-27(4,19-18-23-13-9-8-10-15-25(23)28)20-22(3)26(29(5)6)24-14-11-12-21(2)16-17-24/h9-12,14-17,21-23H,7,13,18-20H2,1-6H3/q+1. The zero-order valence-corrected chi connectivity index (χ0v) is 19.2. The molecule has 0 aromatic carbocycles. The molecule has 0 fully saturated rings. The third kappa shape index (κ3) is 6.82. The zero-order valence-electron chi connectivity index (χ0n) is 19.2. The van der Waals surface area contributed by atoms with E-state index < -0.39 is 0 Å². The lowest BCUT2D eigenvalue weighted by atomic mass is 9.72. The molecule has 0 saturated heterocycles. The third-order valence-corrected chi connectivity index (χ3v) is 6.51. The Labute approximate surface area is 177 Å². The first-order valence-corrected chi connectivity index (χ1v) is 11.1. The van der Waals surface area contributed by atoms with Crippen LogP contribution in [0.15, 0.2) is 65.7 Å². The van der Waals surface area contributed by atoms with Crippen LogP contribution in [-0.4, -0.2) is 24.4 Å². The van der Waals surface area contributed by atoms with E-state index in [4.69, 9.17) is 0 Å². The quantitative estimate of drug-likeness (QED) is 0.232. The second-order valence-electron chi connectivity index (χ2n) is 9.33. The molecule has 0 aliphatic heterocycles. The van der Waals surface area contributed by atoms with E-state index in [9.17, 15) is 4.39 Å². The van der Waals surface area contributed by atoms with E-state index in [0.29, 0.717) is 11.8 Å². The van der Waals surface area contributed by atoms with Gasteiger partial charge in [-0.3, -0.25) is 0 Å². The predicted molar refractivity (Wildman–Crippen MR) is 124 cm³/mol. The molecule has 0 heterocycles. The summed E-state index contributed by atoms with van der Waals surface area (Å²) < 4.78 is 16.6. The highest BCUT2D eigenvalue weighted by molar-refractivity contribution is 6.00. The summed E-state index contributed by atoms with van der Waals surface area (Å²) in [6.07, 6.45) is 21.3. The maximum absolute atomic E-state index is 14.3. The summed E-state index contributed by atoms with van der Waals surface area (Å²) in [6.45, 7) is 9.21. The van der Waals surface area contributed by atoms with Crippen LogP contribution in [0.4, 0.5) is 4.39 Å². The van der Waals surface area contributed by atoms with E-state index in [1.165, 1.54) is 11.3 Å². The minimum Gasteiger partial charge on any atom is -0.238 e. The van der Waals surface area contributed by atoms with E-state index in [2.05, 4.69) is 82.5 Å². The van der Waals surface area contributed by atoms with Crippen LogP contribution in [0.1, 0.15) is 59.8 Å². The lowest BCUT2D eigenvalue weighted by molar-refractivity contribution is -0.466. The van der Waals surface area contributed by atoms with Crippen molar-refractivity contribution in [2.45, 2.75) is 59.8 Å². The summed E-state index contributed by atoms with van der Waals surface area (Å²) in [5.41, 5.74) is 5.91. The minimum absolute atomic E-state index is 0.00106. The summed E-state index contributed by atoms with van der Waals surface area (Å²) >= 11 is 0. The van der Waals surface area contributed by atoms with Gasteiger partial charge in [0.25, 0.3) is 0 Å². The van der Waals surface area contributed by atoms with E-state index in [-0.39, 0.29) is 17.2 Å². The molecule has 0 aromatic heterocycles. The fraction of sp³-hybridized carbons (Fsp3) is 0.556. The van der Waals surface area contributed by atoms with E-state index in [0.717, 1.165) is 32.1 Å². The summed E-state index contributed by atoms with van der Waals surface area (Å²) in [5, 5.41) is 0. The predicted octanol–water partition coefficient (Wildman–Crippen LogP) is 7.20. The molecule has 4 atom stereocenters. The first-order chi connectivity index (χ1) is 13.8. The van der Waals surface area contributed by atoms with Crippen molar-refractivity contribution in [2.75, 3.05) is 14.1 Å². The average molecular weight is 397 g/mol. The molecule has 0 bridgehead atoms. The molecular formula is C27H39FN+. The first kappa shape index (κ1) is 23.4. The molecule has 1 nitrogen and oxygen atoms in total. The van der Waals surface area contributed by atoms with Gasteiger partial charge < -0.3 is 0 Å². The molecule has 2 aliphatic rings. The van der Waals surface area contributed by atoms with Gasteiger partial charge in [0.05, 0.1) is 0 Å². The van der Waals surface area contributed by atoms with Crippen molar-refractivity contribution in [2.24, 2.45) is 23.2 Å². The fourth-order valence-corrected chi connectivity index (χ4v) is 4.56. The number of nitrogens with zero attached hydrogens (tertiary/aromatic N) is 1. The highest BCUT2D eigenvalue weighted by Crippen LogP contribution is 2.39. The molecule has 29 heavy (non-hydrogen) atoms. The molecule has 0 aromatic rings. The molecule has 0 N–H and O–H groups in total. The number of halogens is 1. The smallest absolute Gasteiger partial charge is 0.185 e. The van der Waals surface area contributed by atoms with Gasteiger partial charge >= 0.3 is 0 Å². The molecule has 2 heteroatoms. The highest BCUT2D eigenvalue weighted by Gasteiger charge is 2.31. The number of hydrogen-bond acceptors (Lipinski definition) is 0. The summed E-state index contributed by atoms with van der Waals surface area (Å²) in [5.74, 6) is 0.907. The maximum Gasteiger partial charge on any atom is 0.185 e. The molecule has 4 unspecified atom stereocenters. The van der Waals surface area contributed by atoms with Gasteiger partial charge in [0.1, 0.15) is 19.9 Å². The Balaban J connectivity index is 2.12. The Morgan fingerprint density at radius 1 is 1.31 bits per heavy atom. The van der Waals surface area contributed by atoms with Crippen LogP contribution in [0.3, 0.4) is 0 Å². The largest absolute Gasteiger partial charge is 0.238 e. The second kappa shape index (κ2) is 10.7. The van der Waals surface area contributed by atoms with Gasteiger partial charge in [0.2, 0.25) is 0 Å². The molecule has 158 valence electrons. The number of allylic oxidation sites excluding steroid dienone is 9. The number of hydrogen-bond donors (Lipinski definition) is 0. The Kier molecular flexibility index (Phi) is 8.65. The van der Waals surface area contributed by atoms with Crippen LogP contribution in [0.5, 0.6) is 0 Å². The van der Waals surface area contributed by atoms with Gasteiger partial charge in [-0.25, -0.2) is 8.97 Å². The minimum atomic E-state index is -0.00106. The van der Waals surface area contributed by atoms with Crippen LogP contribution in [0.25, 0.3) is 0 Å². The molecule has 0 spiro atoms. The van der Waals surface area contributed by atoms with Crippen molar-refractivity contribution < 1.29 is 8.97 Å². The monoisotopic (exact) mass is 396 g/mol. The van der Waals surface area contributed by atoms with Crippen molar-refractivity contribution in [1.29, 1.82) is 0 Å². The SMILES string of the molecule is CCC(C)(CCC1CC=C=CC=C1F)CC(C)C(C1=CC=CC(C)C=C1)=[N+](C)C. The second-order valence-corrected chi connectivity index (χ2v) is 9.33. The van der Waals surface area contributed by atoms with Crippen molar-refractivity contribution in [1.82, 2.24) is 0 Å². The molecule has 2 aliphatic carbocycles. The Hall–Kier alpha value is -1.92. The van der Waals surface area contributed by atoms with Gasteiger partial charge in [0, 0.05) is 17.4 Å².